The maximum Gasteiger partial charge on any atom is 0.104 e. The second kappa shape index (κ2) is 24.6. The van der Waals surface area contributed by atoms with E-state index < -0.39 is 0 Å². The van der Waals surface area contributed by atoms with Gasteiger partial charge in [0.05, 0.1) is 106 Å². The molecule has 6 saturated heterocycles. The monoisotopic (exact) mass is 650 g/mol. The Labute approximate surface area is 269 Å². The molecule has 0 radical (unpaired) electrons. The molecular formula is C32H58O13. The number of rotatable bonds is 30. The van der Waals surface area contributed by atoms with E-state index in [0.717, 1.165) is 118 Å². The predicted molar refractivity (Wildman–Crippen MR) is 162 cm³/mol. The fourth-order valence-electron chi connectivity index (χ4n) is 3.78. The molecule has 264 valence electrons. The van der Waals surface area contributed by atoms with E-state index in [2.05, 4.69) is 0 Å². The molecule has 0 aromatic rings. The van der Waals surface area contributed by atoms with Crippen LogP contribution in [0.15, 0.2) is 0 Å². The van der Waals surface area contributed by atoms with Gasteiger partial charge in [-0.15, -0.1) is 0 Å². The molecule has 6 fully saturated rings. The maximum atomic E-state index is 5.45. The summed E-state index contributed by atoms with van der Waals surface area (Å²) in [6.07, 6.45) is 9.16. The molecule has 0 N–H and O–H groups in total. The van der Waals surface area contributed by atoms with E-state index in [1.807, 2.05) is 0 Å². The summed E-state index contributed by atoms with van der Waals surface area (Å²) in [5.74, 6) is 0. The average Bonchev–Trinajstić information content (AvgIpc) is 3.83. The zero-order valence-corrected chi connectivity index (χ0v) is 27.2. The van der Waals surface area contributed by atoms with Gasteiger partial charge in [-0.3, -0.25) is 0 Å². The molecule has 6 heterocycles. The number of ether oxygens (including phenoxy) is 13. The Bertz CT molecular complexity index is 624. The van der Waals surface area contributed by atoms with Crippen molar-refractivity contribution in [2.24, 2.45) is 0 Å². The molecule has 6 atom stereocenters. The molecular weight excluding hydrogens is 592 g/mol. The van der Waals surface area contributed by atoms with Crippen LogP contribution in [0.2, 0.25) is 0 Å². The van der Waals surface area contributed by atoms with E-state index in [1.165, 1.54) is 12.8 Å². The van der Waals surface area contributed by atoms with Gasteiger partial charge in [0.25, 0.3) is 0 Å². The summed E-state index contributed by atoms with van der Waals surface area (Å²) < 4.78 is 67.7. The Hall–Kier alpha value is -0.520. The van der Waals surface area contributed by atoms with Gasteiger partial charge in [-0.1, -0.05) is 12.8 Å². The summed E-state index contributed by atoms with van der Waals surface area (Å²) in [6.45, 7) is 15.6. The summed E-state index contributed by atoms with van der Waals surface area (Å²) >= 11 is 0. The highest BCUT2D eigenvalue weighted by molar-refractivity contribution is 4.69. The molecule has 6 aliphatic heterocycles. The minimum Gasteiger partial charge on any atom is -0.379 e. The summed E-state index contributed by atoms with van der Waals surface area (Å²) in [7, 11) is 0. The first-order valence-electron chi connectivity index (χ1n) is 17.1. The first-order valence-corrected chi connectivity index (χ1v) is 17.1. The minimum absolute atomic E-state index is 0.340. The van der Waals surface area contributed by atoms with Gasteiger partial charge in [-0.05, 0) is 25.7 Å². The Morgan fingerprint density at radius 2 is 0.467 bits per heavy atom. The Morgan fingerprint density at radius 3 is 0.711 bits per heavy atom. The molecule has 0 saturated carbocycles. The molecule has 0 aliphatic carbocycles. The quantitative estimate of drug-likeness (QED) is 0.0826. The van der Waals surface area contributed by atoms with Crippen molar-refractivity contribution in [3.8, 4) is 0 Å². The molecule has 13 nitrogen and oxygen atoms in total. The van der Waals surface area contributed by atoms with E-state index in [-0.39, 0.29) is 0 Å². The number of hydrogen-bond acceptors (Lipinski definition) is 13. The second-order valence-electron chi connectivity index (χ2n) is 11.9. The summed E-state index contributed by atoms with van der Waals surface area (Å²) in [5.41, 5.74) is 0. The van der Waals surface area contributed by atoms with Gasteiger partial charge in [0.2, 0.25) is 0 Å². The van der Waals surface area contributed by atoms with Crippen molar-refractivity contribution in [2.45, 2.75) is 75.1 Å². The maximum absolute atomic E-state index is 5.45. The second-order valence-corrected chi connectivity index (χ2v) is 11.9. The molecule has 13 heteroatoms. The van der Waals surface area contributed by atoms with Crippen molar-refractivity contribution >= 4 is 0 Å². The van der Waals surface area contributed by atoms with Gasteiger partial charge in [-0.2, -0.15) is 0 Å². The van der Waals surface area contributed by atoms with Gasteiger partial charge < -0.3 is 61.6 Å². The van der Waals surface area contributed by atoms with Crippen LogP contribution in [0.3, 0.4) is 0 Å². The van der Waals surface area contributed by atoms with Crippen LogP contribution in [0.5, 0.6) is 0 Å². The molecule has 0 aromatic carbocycles. The van der Waals surface area contributed by atoms with E-state index >= 15 is 0 Å². The largest absolute Gasteiger partial charge is 0.379 e. The van der Waals surface area contributed by atoms with Gasteiger partial charge in [0.15, 0.2) is 0 Å². The first-order chi connectivity index (χ1) is 22.3. The highest BCUT2D eigenvalue weighted by Gasteiger charge is 2.24. The van der Waals surface area contributed by atoms with Crippen LogP contribution in [-0.2, 0) is 61.6 Å². The SMILES string of the molecule is C(CCCOCC1CO1)CCOCC1CO1.C(CCOCC1CO1)COCC1CO1.C(COCC1CO1)OCCOCC1CO1. The number of hydrogen-bond donors (Lipinski definition) is 0. The predicted octanol–water partition coefficient (Wildman–Crippen LogP) is 1.81. The fourth-order valence-corrected chi connectivity index (χ4v) is 3.78. The van der Waals surface area contributed by atoms with Crippen molar-refractivity contribution in [3.05, 3.63) is 0 Å². The third-order valence-electron chi connectivity index (χ3n) is 7.14. The molecule has 0 bridgehead atoms. The van der Waals surface area contributed by atoms with Crippen LogP contribution >= 0.6 is 0 Å². The van der Waals surface area contributed by atoms with Crippen molar-refractivity contribution in [1.82, 2.24) is 0 Å². The highest BCUT2D eigenvalue weighted by atomic mass is 16.6. The zero-order valence-electron chi connectivity index (χ0n) is 27.2. The minimum atomic E-state index is 0.340. The Kier molecular flexibility index (Phi) is 20.4. The van der Waals surface area contributed by atoms with Gasteiger partial charge in [0.1, 0.15) is 36.6 Å². The van der Waals surface area contributed by atoms with Crippen molar-refractivity contribution in [2.75, 3.05) is 132 Å². The van der Waals surface area contributed by atoms with Crippen molar-refractivity contribution < 1.29 is 61.6 Å². The van der Waals surface area contributed by atoms with Crippen LogP contribution in [0, 0.1) is 0 Å². The lowest BCUT2D eigenvalue weighted by molar-refractivity contribution is 0.00937. The first kappa shape index (κ1) is 37.3. The summed E-state index contributed by atoms with van der Waals surface area (Å²) in [4.78, 5) is 0. The average molecular weight is 651 g/mol. The van der Waals surface area contributed by atoms with Crippen LogP contribution in [-0.4, -0.2) is 169 Å². The molecule has 6 aliphatic rings. The standard InChI is InChI=1S/C12H22O4.C10H18O5.C10H18O4/c1(3-5-13-7-11-9-15-11)2-4-6-14-8-12-10-16-12;1(3-12-5-9-7-14-9)11-2-4-13-6-10-8-15-10;1(3-11-5-9-7-13-9)2-4-12-6-10-8-14-10/h11-12H,1-10H2;9-10H,1-8H2;9-10H,1-8H2. The van der Waals surface area contributed by atoms with Crippen LogP contribution in [0.4, 0.5) is 0 Å². The lowest BCUT2D eigenvalue weighted by Crippen LogP contribution is -2.12. The molecule has 6 rings (SSSR count). The van der Waals surface area contributed by atoms with E-state index in [0.29, 0.717) is 76.3 Å². The van der Waals surface area contributed by atoms with Gasteiger partial charge in [0, 0.05) is 26.4 Å². The van der Waals surface area contributed by atoms with E-state index in [4.69, 9.17) is 61.6 Å². The van der Waals surface area contributed by atoms with Gasteiger partial charge >= 0.3 is 0 Å². The van der Waals surface area contributed by atoms with Crippen LogP contribution < -0.4 is 0 Å². The van der Waals surface area contributed by atoms with Gasteiger partial charge in [-0.25, -0.2) is 0 Å². The third-order valence-corrected chi connectivity index (χ3v) is 7.14. The van der Waals surface area contributed by atoms with Crippen molar-refractivity contribution in [1.29, 1.82) is 0 Å². The molecule has 0 amide bonds. The van der Waals surface area contributed by atoms with Crippen LogP contribution in [0.25, 0.3) is 0 Å². The Balaban J connectivity index is 0.000000154. The van der Waals surface area contributed by atoms with Crippen molar-refractivity contribution in [3.63, 3.8) is 0 Å². The topological polar surface area (TPSA) is 140 Å². The molecule has 0 aromatic heterocycles. The zero-order chi connectivity index (χ0) is 31.0. The van der Waals surface area contributed by atoms with Crippen LogP contribution in [0.1, 0.15) is 38.5 Å². The lowest BCUT2D eigenvalue weighted by Gasteiger charge is -2.05. The highest BCUT2D eigenvalue weighted by Crippen LogP contribution is 2.12. The van der Waals surface area contributed by atoms with E-state index in [1.54, 1.807) is 0 Å². The Morgan fingerprint density at radius 1 is 0.267 bits per heavy atom. The lowest BCUT2D eigenvalue weighted by atomic mass is 10.2. The summed E-state index contributed by atoms with van der Waals surface area (Å²) in [6, 6.07) is 0. The molecule has 45 heavy (non-hydrogen) atoms. The summed E-state index contributed by atoms with van der Waals surface area (Å²) in [5, 5.41) is 0. The third kappa shape index (κ3) is 26.2. The normalized spacial score (nSPS) is 28.0. The smallest absolute Gasteiger partial charge is 0.104 e. The van der Waals surface area contributed by atoms with E-state index in [9.17, 15) is 0 Å². The number of unbranched alkanes of at least 4 members (excludes halogenated alkanes) is 4. The molecule has 0 spiro atoms. The fraction of sp³-hybridized carbons (Fsp3) is 1.00. The number of epoxide rings is 6. The molecule has 6 unspecified atom stereocenters.